The average Bonchev–Trinajstić information content (AvgIpc) is 3.29. The van der Waals surface area contributed by atoms with Gasteiger partial charge < -0.3 is 34.3 Å². The summed E-state index contributed by atoms with van der Waals surface area (Å²) in [6.45, 7) is 4.05. The van der Waals surface area contributed by atoms with Crippen LogP contribution in [0.5, 0.6) is 0 Å². The molecule has 13 heteroatoms. The van der Waals surface area contributed by atoms with Gasteiger partial charge in [0.1, 0.15) is 30.5 Å². The average molecular weight is 963 g/mol. The molecule has 0 aromatic carbocycles. The lowest BCUT2D eigenvalue weighted by Crippen LogP contribution is -2.60. The Morgan fingerprint density at radius 3 is 1.36 bits per heavy atom. The zero-order valence-electron chi connectivity index (χ0n) is 42.3. The minimum absolute atomic E-state index is 0.0413. The van der Waals surface area contributed by atoms with Gasteiger partial charge in [-0.3, -0.25) is 9.35 Å². The van der Waals surface area contributed by atoms with Crippen LogP contribution in [0.25, 0.3) is 0 Å². The second kappa shape index (κ2) is 45.0. The van der Waals surface area contributed by atoms with E-state index in [1.165, 1.54) is 193 Å². The van der Waals surface area contributed by atoms with Gasteiger partial charge in [-0.1, -0.05) is 225 Å². The number of carbonyl (C=O) groups excluding carboxylic acids is 1. The molecule has 4 N–H and O–H groups in total. The third-order valence-electron chi connectivity index (χ3n) is 12.9. The van der Waals surface area contributed by atoms with Crippen LogP contribution >= 0.6 is 0 Å². The molecule has 6 unspecified atom stereocenters. The van der Waals surface area contributed by atoms with Crippen molar-refractivity contribution in [2.24, 2.45) is 0 Å². The zero-order valence-corrected chi connectivity index (χ0v) is 43.1. The molecule has 12 nitrogen and oxygen atoms in total. The molecule has 1 aliphatic heterocycles. The fourth-order valence-electron chi connectivity index (χ4n) is 8.73. The van der Waals surface area contributed by atoms with E-state index in [4.69, 9.17) is 18.9 Å². The Kier molecular flexibility index (Phi) is 42.9. The summed E-state index contributed by atoms with van der Waals surface area (Å²) in [6.07, 6.45) is 42.4. The minimum atomic E-state index is -5.06. The third kappa shape index (κ3) is 37.7. The van der Waals surface area contributed by atoms with Gasteiger partial charge in [0.05, 0.1) is 19.8 Å². The highest BCUT2D eigenvalue weighted by Crippen LogP contribution is 2.26. The van der Waals surface area contributed by atoms with E-state index in [0.717, 1.165) is 38.5 Å². The molecule has 0 saturated carbocycles. The number of hydrogen-bond donors (Lipinski definition) is 4. The lowest BCUT2D eigenvalue weighted by Gasteiger charge is -2.41. The SMILES string of the molecule is CCCCCCCC/C=C\CCCCCCCCCCCCOCC(COC1OC(CO)C(O)C(OS(=O)(=O)O)C1O)OC(=O)CCCCCCCCCCCCCCCCCCCCC. The summed E-state index contributed by atoms with van der Waals surface area (Å²) < 4.78 is 59.4. The molecule has 392 valence electrons. The molecule has 0 aliphatic carbocycles. The molecule has 1 aliphatic rings. The van der Waals surface area contributed by atoms with E-state index < -0.39 is 59.8 Å². The van der Waals surface area contributed by atoms with E-state index in [1.54, 1.807) is 0 Å². The molecule has 0 radical (unpaired) electrons. The number of hydrogen-bond acceptors (Lipinski definition) is 11. The highest BCUT2D eigenvalue weighted by molar-refractivity contribution is 7.80. The summed E-state index contributed by atoms with van der Waals surface area (Å²) >= 11 is 0. The van der Waals surface area contributed by atoms with E-state index in [1.807, 2.05) is 0 Å². The van der Waals surface area contributed by atoms with Crippen LogP contribution in [0.3, 0.4) is 0 Å². The summed E-state index contributed by atoms with van der Waals surface area (Å²) in [4.78, 5) is 12.9. The van der Waals surface area contributed by atoms with Crippen molar-refractivity contribution in [2.75, 3.05) is 26.4 Å². The fourth-order valence-corrected chi connectivity index (χ4v) is 9.24. The number of aliphatic hydroxyl groups is 3. The molecular formula is C53H102O12S. The number of unbranched alkanes of at least 4 members (excludes halogenated alkanes) is 34. The fraction of sp³-hybridized carbons (Fsp3) is 0.943. The van der Waals surface area contributed by atoms with E-state index >= 15 is 0 Å². The topological polar surface area (TPSA) is 178 Å². The van der Waals surface area contributed by atoms with Crippen LogP contribution in [-0.2, 0) is 38.3 Å². The second-order valence-electron chi connectivity index (χ2n) is 19.2. The standard InChI is InChI=1S/C53H102O12S/c1-3-5-7-9-11-13-15-17-19-21-23-25-27-29-31-33-35-37-39-41-43-61-45-47(46-62-53-51(57)52(65-66(58,59)60)50(56)48(44-54)64-53)63-49(55)42-40-38-36-34-32-30-28-26-24-22-20-18-16-14-12-10-8-6-4-2/h17,19,47-48,50-54,56-57H,3-16,18,20-46H2,1-2H3,(H,58,59,60)/b19-17-. The van der Waals surface area contributed by atoms with Crippen molar-refractivity contribution in [1.29, 1.82) is 0 Å². The van der Waals surface area contributed by atoms with Crippen molar-refractivity contribution in [3.63, 3.8) is 0 Å². The van der Waals surface area contributed by atoms with Gasteiger partial charge in [0.2, 0.25) is 0 Å². The maximum atomic E-state index is 12.9. The largest absolute Gasteiger partial charge is 0.457 e. The van der Waals surface area contributed by atoms with E-state index in [-0.39, 0.29) is 19.6 Å². The molecule has 0 bridgehead atoms. The van der Waals surface area contributed by atoms with Crippen molar-refractivity contribution >= 4 is 16.4 Å². The first kappa shape index (κ1) is 62.9. The maximum Gasteiger partial charge on any atom is 0.397 e. The van der Waals surface area contributed by atoms with Crippen LogP contribution in [0, 0.1) is 0 Å². The van der Waals surface area contributed by atoms with Crippen molar-refractivity contribution in [1.82, 2.24) is 0 Å². The lowest BCUT2D eigenvalue weighted by atomic mass is 9.99. The van der Waals surface area contributed by atoms with Crippen LogP contribution in [-0.4, -0.2) is 97.5 Å². The van der Waals surface area contributed by atoms with Gasteiger partial charge in [-0.2, -0.15) is 8.42 Å². The van der Waals surface area contributed by atoms with Crippen LogP contribution in [0.15, 0.2) is 12.2 Å². The summed E-state index contributed by atoms with van der Waals surface area (Å²) in [5, 5.41) is 30.8. The van der Waals surface area contributed by atoms with Crippen LogP contribution in [0.1, 0.15) is 258 Å². The molecule has 1 saturated heterocycles. The Hall–Kier alpha value is -1.16. The third-order valence-corrected chi connectivity index (χ3v) is 13.4. The molecule has 0 spiro atoms. The molecule has 1 heterocycles. The number of carbonyl (C=O) groups is 1. The summed E-state index contributed by atoms with van der Waals surface area (Å²) in [7, 11) is -5.06. The summed E-state index contributed by atoms with van der Waals surface area (Å²) in [5.41, 5.74) is 0. The van der Waals surface area contributed by atoms with E-state index in [9.17, 15) is 33.1 Å². The number of ether oxygens (including phenoxy) is 4. The Bertz CT molecular complexity index is 1200. The maximum absolute atomic E-state index is 12.9. The predicted molar refractivity (Wildman–Crippen MR) is 267 cm³/mol. The Morgan fingerprint density at radius 2 is 0.955 bits per heavy atom. The van der Waals surface area contributed by atoms with Crippen molar-refractivity contribution in [3.8, 4) is 0 Å². The first-order chi connectivity index (χ1) is 32.1. The van der Waals surface area contributed by atoms with E-state index in [0.29, 0.717) is 13.0 Å². The van der Waals surface area contributed by atoms with E-state index in [2.05, 4.69) is 30.2 Å². The number of allylic oxidation sites excluding steroid dienone is 2. The molecule has 0 aromatic heterocycles. The van der Waals surface area contributed by atoms with Gasteiger partial charge in [-0.05, 0) is 38.5 Å². The normalized spacial score (nSPS) is 19.5. The van der Waals surface area contributed by atoms with Crippen LogP contribution < -0.4 is 0 Å². The molecule has 0 aromatic rings. The highest BCUT2D eigenvalue weighted by atomic mass is 32.3. The van der Waals surface area contributed by atoms with Crippen molar-refractivity contribution < 1.29 is 56.2 Å². The summed E-state index contributed by atoms with van der Waals surface area (Å²) in [5.74, 6) is -0.392. The zero-order chi connectivity index (χ0) is 48.2. The smallest absolute Gasteiger partial charge is 0.397 e. The monoisotopic (exact) mass is 963 g/mol. The number of rotatable bonds is 49. The Labute approximate surface area is 404 Å². The molecule has 0 amide bonds. The number of esters is 1. The van der Waals surface area contributed by atoms with Gasteiger partial charge in [0.15, 0.2) is 6.29 Å². The van der Waals surface area contributed by atoms with Gasteiger partial charge in [0, 0.05) is 13.0 Å². The second-order valence-corrected chi connectivity index (χ2v) is 20.2. The minimum Gasteiger partial charge on any atom is -0.457 e. The van der Waals surface area contributed by atoms with Crippen LogP contribution in [0.4, 0.5) is 0 Å². The first-order valence-corrected chi connectivity index (χ1v) is 28.8. The number of aliphatic hydroxyl groups excluding tert-OH is 3. The Morgan fingerprint density at radius 1 is 0.561 bits per heavy atom. The molecule has 1 rings (SSSR count). The van der Waals surface area contributed by atoms with Crippen molar-refractivity contribution in [3.05, 3.63) is 12.2 Å². The van der Waals surface area contributed by atoms with Crippen LogP contribution in [0.2, 0.25) is 0 Å². The predicted octanol–water partition coefficient (Wildman–Crippen LogP) is 13.0. The molecule has 6 atom stereocenters. The van der Waals surface area contributed by atoms with Gasteiger partial charge in [-0.15, -0.1) is 0 Å². The first-order valence-electron chi connectivity index (χ1n) is 27.4. The summed E-state index contributed by atoms with van der Waals surface area (Å²) in [6, 6.07) is 0. The molecular weight excluding hydrogens is 861 g/mol. The van der Waals surface area contributed by atoms with Gasteiger partial charge in [-0.25, -0.2) is 4.18 Å². The Balaban J connectivity index is 2.32. The molecule has 66 heavy (non-hydrogen) atoms. The van der Waals surface area contributed by atoms with Crippen molar-refractivity contribution in [2.45, 2.75) is 295 Å². The molecule has 1 fully saturated rings. The van der Waals surface area contributed by atoms with Gasteiger partial charge >= 0.3 is 16.4 Å². The lowest BCUT2D eigenvalue weighted by molar-refractivity contribution is -0.301. The highest BCUT2D eigenvalue weighted by Gasteiger charge is 2.48. The van der Waals surface area contributed by atoms with Gasteiger partial charge in [0.25, 0.3) is 0 Å². The quantitative estimate of drug-likeness (QED) is 0.0197.